The molecule has 0 unspecified atom stereocenters. The number of carbonyl (C=O) groups is 1. The summed E-state index contributed by atoms with van der Waals surface area (Å²) >= 11 is 1.60. The maximum Gasteiger partial charge on any atom is 0.240 e. The van der Waals surface area contributed by atoms with E-state index in [1.165, 1.54) is 0 Å². The second kappa shape index (κ2) is 8.48. The number of amides is 1. The van der Waals surface area contributed by atoms with Crippen molar-refractivity contribution < 1.29 is 9.53 Å². The van der Waals surface area contributed by atoms with Crippen molar-refractivity contribution in [2.24, 2.45) is 0 Å². The van der Waals surface area contributed by atoms with Crippen LogP contribution in [-0.4, -0.2) is 33.4 Å². The van der Waals surface area contributed by atoms with Crippen LogP contribution in [0.3, 0.4) is 0 Å². The number of para-hydroxylation sites is 3. The van der Waals surface area contributed by atoms with Crippen LogP contribution in [0.1, 0.15) is 20.8 Å². The number of nitrogens with one attached hydrogen (secondary N) is 1. The second-order valence-corrected chi connectivity index (χ2v) is 8.34. The van der Waals surface area contributed by atoms with E-state index in [0.717, 1.165) is 27.7 Å². The fourth-order valence-corrected chi connectivity index (χ4v) is 3.56. The Morgan fingerprint density at radius 2 is 1.81 bits per heavy atom. The molecule has 0 saturated heterocycles. The predicted octanol–water partition coefficient (Wildman–Crippen LogP) is 4.12. The standard InChI is InChI=1S/C21H25N3O2S/c1-21(2,3)23-19(25)15-24-18-12-8-7-11-17(18)22-20(24)27-14-13-26-16-9-5-4-6-10-16/h4-12H,13-15H2,1-3H3,(H,23,25). The average molecular weight is 384 g/mol. The number of imidazole rings is 1. The van der Waals surface area contributed by atoms with Crippen molar-refractivity contribution in [1.29, 1.82) is 0 Å². The number of ether oxygens (including phenoxy) is 1. The first-order valence-electron chi connectivity index (χ1n) is 8.99. The van der Waals surface area contributed by atoms with Gasteiger partial charge in [-0.25, -0.2) is 4.98 Å². The van der Waals surface area contributed by atoms with Crippen LogP contribution in [0, 0.1) is 0 Å². The van der Waals surface area contributed by atoms with E-state index in [0.29, 0.717) is 6.61 Å². The molecule has 0 spiro atoms. The van der Waals surface area contributed by atoms with E-state index in [1.54, 1.807) is 11.8 Å². The van der Waals surface area contributed by atoms with Gasteiger partial charge < -0.3 is 14.6 Å². The number of benzene rings is 2. The summed E-state index contributed by atoms with van der Waals surface area (Å²) in [6.07, 6.45) is 0. The van der Waals surface area contributed by atoms with Gasteiger partial charge in [-0.1, -0.05) is 42.1 Å². The van der Waals surface area contributed by atoms with Crippen molar-refractivity contribution in [3.05, 3.63) is 54.6 Å². The largest absolute Gasteiger partial charge is 0.493 e. The maximum atomic E-state index is 12.4. The number of nitrogens with zero attached hydrogens (tertiary/aromatic N) is 2. The molecule has 5 nitrogen and oxygen atoms in total. The van der Waals surface area contributed by atoms with E-state index in [4.69, 9.17) is 9.72 Å². The third-order valence-corrected chi connectivity index (χ3v) is 4.70. The number of carbonyl (C=O) groups excluding carboxylic acids is 1. The van der Waals surface area contributed by atoms with E-state index in [9.17, 15) is 4.79 Å². The van der Waals surface area contributed by atoms with Gasteiger partial charge >= 0.3 is 0 Å². The molecule has 3 rings (SSSR count). The summed E-state index contributed by atoms with van der Waals surface area (Å²) in [7, 11) is 0. The SMILES string of the molecule is CC(C)(C)NC(=O)Cn1c(SCCOc2ccccc2)nc2ccccc21. The molecule has 27 heavy (non-hydrogen) atoms. The van der Waals surface area contributed by atoms with Crippen LogP contribution >= 0.6 is 11.8 Å². The van der Waals surface area contributed by atoms with Gasteiger partial charge in [-0.05, 0) is 45.0 Å². The zero-order valence-corrected chi connectivity index (χ0v) is 16.8. The molecular weight excluding hydrogens is 358 g/mol. The van der Waals surface area contributed by atoms with E-state index >= 15 is 0 Å². The summed E-state index contributed by atoms with van der Waals surface area (Å²) in [5, 5.41) is 3.85. The summed E-state index contributed by atoms with van der Waals surface area (Å²) < 4.78 is 7.73. The first-order valence-corrected chi connectivity index (χ1v) is 9.98. The number of hydrogen-bond acceptors (Lipinski definition) is 4. The Balaban J connectivity index is 1.69. The van der Waals surface area contributed by atoms with Gasteiger partial charge in [0, 0.05) is 11.3 Å². The third-order valence-electron chi connectivity index (χ3n) is 3.76. The Hall–Kier alpha value is -2.47. The Labute approximate surface area is 164 Å². The van der Waals surface area contributed by atoms with Gasteiger partial charge in [0.2, 0.25) is 5.91 Å². The highest BCUT2D eigenvalue weighted by Gasteiger charge is 2.18. The van der Waals surface area contributed by atoms with Crippen LogP contribution in [-0.2, 0) is 11.3 Å². The lowest BCUT2D eigenvalue weighted by atomic mass is 10.1. The van der Waals surface area contributed by atoms with E-state index < -0.39 is 0 Å². The number of rotatable bonds is 7. The number of aromatic nitrogens is 2. The molecule has 6 heteroatoms. The van der Waals surface area contributed by atoms with Crippen LogP contribution in [0.15, 0.2) is 59.8 Å². The van der Waals surface area contributed by atoms with Crippen LogP contribution in [0.5, 0.6) is 5.75 Å². The highest BCUT2D eigenvalue weighted by Crippen LogP contribution is 2.24. The minimum Gasteiger partial charge on any atom is -0.493 e. The van der Waals surface area contributed by atoms with Crippen LogP contribution in [0.4, 0.5) is 0 Å². The molecule has 3 aromatic rings. The molecule has 0 radical (unpaired) electrons. The first kappa shape index (κ1) is 19.3. The van der Waals surface area contributed by atoms with Crippen LogP contribution in [0.25, 0.3) is 11.0 Å². The third kappa shape index (κ3) is 5.50. The first-order chi connectivity index (χ1) is 12.9. The smallest absolute Gasteiger partial charge is 0.240 e. The van der Waals surface area contributed by atoms with E-state index in [1.807, 2.05) is 79.9 Å². The lowest BCUT2D eigenvalue weighted by Crippen LogP contribution is -2.42. The van der Waals surface area contributed by atoms with Crippen molar-refractivity contribution in [3.63, 3.8) is 0 Å². The Bertz CT molecular complexity index is 901. The lowest BCUT2D eigenvalue weighted by molar-refractivity contribution is -0.123. The Kier molecular flexibility index (Phi) is 6.06. The molecular formula is C21H25N3O2S. The molecule has 0 saturated carbocycles. The zero-order valence-electron chi connectivity index (χ0n) is 15.9. The van der Waals surface area contributed by atoms with Gasteiger partial charge in [-0.2, -0.15) is 0 Å². The molecule has 2 aromatic carbocycles. The monoisotopic (exact) mass is 383 g/mol. The van der Waals surface area contributed by atoms with Crippen molar-refractivity contribution in [1.82, 2.24) is 14.9 Å². The van der Waals surface area contributed by atoms with E-state index in [-0.39, 0.29) is 18.0 Å². The van der Waals surface area contributed by atoms with Crippen molar-refractivity contribution in [2.75, 3.05) is 12.4 Å². The average Bonchev–Trinajstić information content (AvgIpc) is 2.96. The summed E-state index contributed by atoms with van der Waals surface area (Å²) in [4.78, 5) is 17.1. The second-order valence-electron chi connectivity index (χ2n) is 7.28. The fraction of sp³-hybridized carbons (Fsp3) is 0.333. The summed E-state index contributed by atoms with van der Waals surface area (Å²) in [5.74, 6) is 1.59. The van der Waals surface area contributed by atoms with Crippen LogP contribution < -0.4 is 10.1 Å². The molecule has 0 aliphatic carbocycles. The minimum atomic E-state index is -0.260. The molecule has 0 aliphatic rings. The summed E-state index contributed by atoms with van der Waals surface area (Å²) in [5.41, 5.74) is 1.60. The molecule has 142 valence electrons. The Morgan fingerprint density at radius 3 is 2.56 bits per heavy atom. The molecule has 0 fully saturated rings. The zero-order chi connectivity index (χ0) is 19.3. The molecule has 0 atom stereocenters. The molecule has 1 aromatic heterocycles. The normalized spacial score (nSPS) is 11.5. The van der Waals surface area contributed by atoms with Gasteiger partial charge in [0.25, 0.3) is 0 Å². The summed E-state index contributed by atoms with van der Waals surface area (Å²) in [6, 6.07) is 17.7. The Morgan fingerprint density at radius 1 is 1.11 bits per heavy atom. The topological polar surface area (TPSA) is 56.2 Å². The quantitative estimate of drug-likeness (QED) is 0.492. The lowest BCUT2D eigenvalue weighted by Gasteiger charge is -2.21. The molecule has 0 aliphatic heterocycles. The highest BCUT2D eigenvalue weighted by molar-refractivity contribution is 7.99. The maximum absolute atomic E-state index is 12.4. The van der Waals surface area contributed by atoms with Gasteiger partial charge in [0.05, 0.1) is 17.6 Å². The van der Waals surface area contributed by atoms with Gasteiger partial charge in [0.15, 0.2) is 5.16 Å². The number of hydrogen-bond donors (Lipinski definition) is 1. The molecule has 0 bridgehead atoms. The highest BCUT2D eigenvalue weighted by atomic mass is 32.2. The summed E-state index contributed by atoms with van der Waals surface area (Å²) in [6.45, 7) is 6.76. The van der Waals surface area contributed by atoms with Gasteiger partial charge in [-0.3, -0.25) is 4.79 Å². The van der Waals surface area contributed by atoms with Crippen molar-refractivity contribution >= 4 is 28.7 Å². The van der Waals surface area contributed by atoms with Crippen molar-refractivity contribution in [3.8, 4) is 5.75 Å². The molecule has 1 heterocycles. The van der Waals surface area contributed by atoms with Gasteiger partial charge in [-0.15, -0.1) is 0 Å². The number of fused-ring (bicyclic) bond motifs is 1. The minimum absolute atomic E-state index is 0.0203. The van der Waals surface area contributed by atoms with E-state index in [2.05, 4.69) is 5.32 Å². The van der Waals surface area contributed by atoms with Crippen molar-refractivity contribution in [2.45, 2.75) is 38.0 Å². The number of thioether (sulfide) groups is 1. The predicted molar refractivity (Wildman–Crippen MR) is 110 cm³/mol. The van der Waals surface area contributed by atoms with Crippen LogP contribution in [0.2, 0.25) is 0 Å². The fourth-order valence-electron chi connectivity index (χ4n) is 2.73. The van der Waals surface area contributed by atoms with Gasteiger partial charge in [0.1, 0.15) is 12.3 Å². The molecule has 1 amide bonds. The molecule has 1 N–H and O–H groups in total.